The number of rotatable bonds is 2. The lowest BCUT2D eigenvalue weighted by atomic mass is 9.98. The quantitative estimate of drug-likeness (QED) is 0.689. The van der Waals surface area contributed by atoms with E-state index in [1.54, 1.807) is 7.11 Å². The molecule has 0 aliphatic carbocycles. The van der Waals surface area contributed by atoms with Crippen LogP contribution >= 0.6 is 11.6 Å². The van der Waals surface area contributed by atoms with Gasteiger partial charge in [0.15, 0.2) is 0 Å². The van der Waals surface area contributed by atoms with Crippen molar-refractivity contribution in [2.24, 2.45) is 0 Å². The van der Waals surface area contributed by atoms with E-state index in [9.17, 15) is 0 Å². The van der Waals surface area contributed by atoms with E-state index in [1.807, 2.05) is 48.5 Å². The van der Waals surface area contributed by atoms with Crippen LogP contribution < -0.4 is 10.5 Å². The van der Waals surface area contributed by atoms with Gasteiger partial charge in [-0.2, -0.15) is 0 Å². The summed E-state index contributed by atoms with van der Waals surface area (Å²) in [4.78, 5) is 0. The Hall–Kier alpha value is -2.19. The van der Waals surface area contributed by atoms with E-state index in [-0.39, 0.29) is 0 Å². The third-order valence-corrected chi connectivity index (χ3v) is 3.74. The van der Waals surface area contributed by atoms with E-state index >= 15 is 0 Å². The molecule has 0 amide bonds. The normalized spacial score (nSPS) is 10.7. The van der Waals surface area contributed by atoms with Crippen molar-refractivity contribution in [3.63, 3.8) is 0 Å². The van der Waals surface area contributed by atoms with E-state index in [2.05, 4.69) is 6.07 Å². The molecule has 0 aliphatic heterocycles. The summed E-state index contributed by atoms with van der Waals surface area (Å²) in [6.45, 7) is 0. The van der Waals surface area contributed by atoms with Crippen molar-refractivity contribution in [1.82, 2.24) is 0 Å². The summed E-state index contributed by atoms with van der Waals surface area (Å²) >= 11 is 6.25. The highest BCUT2D eigenvalue weighted by Gasteiger charge is 2.08. The van der Waals surface area contributed by atoms with E-state index in [0.29, 0.717) is 11.4 Å². The van der Waals surface area contributed by atoms with Crippen molar-refractivity contribution in [1.29, 1.82) is 0 Å². The van der Waals surface area contributed by atoms with Gasteiger partial charge >= 0.3 is 0 Å². The standard InChI is InChI=1S/C17H14ClNO/c1-20-17-9-6-11(10-16(17)19)12-7-8-15(18)14-5-3-2-4-13(12)14/h2-10H,19H2,1H3. The first-order valence-electron chi connectivity index (χ1n) is 6.32. The van der Waals surface area contributed by atoms with Crippen LogP contribution in [0.3, 0.4) is 0 Å². The molecule has 0 atom stereocenters. The summed E-state index contributed by atoms with van der Waals surface area (Å²) in [5.74, 6) is 0.687. The second-order valence-corrected chi connectivity index (χ2v) is 5.00. The monoisotopic (exact) mass is 283 g/mol. The molecule has 3 heteroatoms. The zero-order chi connectivity index (χ0) is 14.1. The fourth-order valence-electron chi connectivity index (χ4n) is 2.42. The van der Waals surface area contributed by atoms with E-state index in [1.165, 1.54) is 0 Å². The molecular formula is C17H14ClNO. The van der Waals surface area contributed by atoms with E-state index < -0.39 is 0 Å². The van der Waals surface area contributed by atoms with Crippen molar-refractivity contribution in [2.75, 3.05) is 12.8 Å². The molecule has 100 valence electrons. The molecular weight excluding hydrogens is 270 g/mol. The van der Waals surface area contributed by atoms with Crippen LogP contribution in [0.25, 0.3) is 21.9 Å². The zero-order valence-corrected chi connectivity index (χ0v) is 11.8. The van der Waals surface area contributed by atoms with Gasteiger partial charge in [-0.1, -0.05) is 48.0 Å². The second-order valence-electron chi connectivity index (χ2n) is 4.60. The average molecular weight is 284 g/mol. The third-order valence-electron chi connectivity index (χ3n) is 3.41. The molecule has 0 saturated heterocycles. The molecule has 0 radical (unpaired) electrons. The maximum Gasteiger partial charge on any atom is 0.141 e. The fourth-order valence-corrected chi connectivity index (χ4v) is 2.64. The molecule has 0 aliphatic rings. The molecule has 2 nitrogen and oxygen atoms in total. The van der Waals surface area contributed by atoms with Crippen LogP contribution in [0.4, 0.5) is 5.69 Å². The molecule has 20 heavy (non-hydrogen) atoms. The third kappa shape index (κ3) is 2.08. The van der Waals surface area contributed by atoms with Gasteiger partial charge in [-0.25, -0.2) is 0 Å². The van der Waals surface area contributed by atoms with Gasteiger partial charge in [-0.15, -0.1) is 0 Å². The topological polar surface area (TPSA) is 35.2 Å². The van der Waals surface area contributed by atoms with Gasteiger partial charge in [-0.05, 0) is 34.7 Å². The number of ether oxygens (including phenoxy) is 1. The Labute approximate surface area is 122 Å². The molecule has 0 unspecified atom stereocenters. The van der Waals surface area contributed by atoms with Crippen LogP contribution in [0.2, 0.25) is 5.02 Å². The van der Waals surface area contributed by atoms with Crippen molar-refractivity contribution >= 4 is 28.1 Å². The largest absolute Gasteiger partial charge is 0.495 e. The van der Waals surface area contributed by atoms with Crippen LogP contribution in [0.15, 0.2) is 54.6 Å². The minimum Gasteiger partial charge on any atom is -0.495 e. The van der Waals surface area contributed by atoms with E-state index in [4.69, 9.17) is 22.1 Å². The number of nitrogen functional groups attached to an aromatic ring is 1. The summed E-state index contributed by atoms with van der Waals surface area (Å²) in [6.07, 6.45) is 0. The molecule has 0 spiro atoms. The molecule has 0 bridgehead atoms. The Morgan fingerprint density at radius 2 is 1.70 bits per heavy atom. The van der Waals surface area contributed by atoms with Gasteiger partial charge in [-0.3, -0.25) is 0 Å². The van der Waals surface area contributed by atoms with Crippen LogP contribution in [0.1, 0.15) is 0 Å². The summed E-state index contributed by atoms with van der Waals surface area (Å²) < 4.78 is 5.20. The fraction of sp³-hybridized carbons (Fsp3) is 0.0588. The highest BCUT2D eigenvalue weighted by atomic mass is 35.5. The molecule has 3 aromatic carbocycles. The summed E-state index contributed by atoms with van der Waals surface area (Å²) in [7, 11) is 1.61. The first-order valence-corrected chi connectivity index (χ1v) is 6.69. The number of nitrogens with two attached hydrogens (primary N) is 1. The number of anilines is 1. The Bertz CT molecular complexity index is 783. The maximum absolute atomic E-state index is 6.25. The number of methoxy groups -OCH3 is 1. The minimum atomic E-state index is 0.629. The number of hydrogen-bond acceptors (Lipinski definition) is 2. The van der Waals surface area contributed by atoms with E-state index in [0.717, 1.165) is 26.9 Å². The predicted molar refractivity (Wildman–Crippen MR) is 85.4 cm³/mol. The first kappa shape index (κ1) is 12.8. The lowest BCUT2D eigenvalue weighted by Gasteiger charge is -2.11. The Morgan fingerprint density at radius 3 is 2.40 bits per heavy atom. The van der Waals surface area contributed by atoms with Crippen molar-refractivity contribution in [2.45, 2.75) is 0 Å². The Balaban J connectivity index is 2.25. The maximum atomic E-state index is 6.25. The van der Waals surface area contributed by atoms with Crippen molar-refractivity contribution < 1.29 is 4.74 Å². The smallest absolute Gasteiger partial charge is 0.141 e. The summed E-state index contributed by atoms with van der Waals surface area (Å²) in [5.41, 5.74) is 8.78. The Kier molecular flexibility index (Phi) is 3.25. The number of fused-ring (bicyclic) bond motifs is 1. The molecule has 3 aromatic rings. The van der Waals surface area contributed by atoms with Gasteiger partial charge in [0.25, 0.3) is 0 Å². The van der Waals surface area contributed by atoms with Gasteiger partial charge in [0.2, 0.25) is 0 Å². The van der Waals surface area contributed by atoms with Crippen molar-refractivity contribution in [3.8, 4) is 16.9 Å². The highest BCUT2D eigenvalue weighted by molar-refractivity contribution is 6.36. The molecule has 0 heterocycles. The first-order chi connectivity index (χ1) is 9.70. The lowest BCUT2D eigenvalue weighted by Crippen LogP contribution is -1.92. The van der Waals surface area contributed by atoms with Gasteiger partial charge in [0.1, 0.15) is 5.75 Å². The minimum absolute atomic E-state index is 0.629. The van der Waals surface area contributed by atoms with Crippen LogP contribution in [0, 0.1) is 0 Å². The lowest BCUT2D eigenvalue weighted by molar-refractivity contribution is 0.417. The average Bonchev–Trinajstić information content (AvgIpc) is 2.48. The second kappa shape index (κ2) is 5.06. The highest BCUT2D eigenvalue weighted by Crippen LogP contribution is 2.35. The predicted octanol–water partition coefficient (Wildman–Crippen LogP) is 4.75. The van der Waals surface area contributed by atoms with Crippen molar-refractivity contribution in [3.05, 3.63) is 59.6 Å². The van der Waals surface area contributed by atoms with Gasteiger partial charge < -0.3 is 10.5 Å². The Morgan fingerprint density at radius 1 is 0.950 bits per heavy atom. The molecule has 3 rings (SSSR count). The van der Waals surface area contributed by atoms with Crippen LogP contribution in [-0.4, -0.2) is 7.11 Å². The van der Waals surface area contributed by atoms with Gasteiger partial charge in [0.05, 0.1) is 12.8 Å². The van der Waals surface area contributed by atoms with Crippen LogP contribution in [-0.2, 0) is 0 Å². The summed E-state index contributed by atoms with van der Waals surface area (Å²) in [5, 5.41) is 2.91. The SMILES string of the molecule is COc1ccc(-c2ccc(Cl)c3ccccc23)cc1N. The zero-order valence-electron chi connectivity index (χ0n) is 11.1. The summed E-state index contributed by atoms with van der Waals surface area (Å²) in [6, 6.07) is 17.8. The molecule has 2 N–H and O–H groups in total. The number of hydrogen-bond donors (Lipinski definition) is 1. The van der Waals surface area contributed by atoms with Gasteiger partial charge in [0, 0.05) is 10.4 Å². The molecule has 0 fully saturated rings. The van der Waals surface area contributed by atoms with Crippen LogP contribution in [0.5, 0.6) is 5.75 Å². The number of benzene rings is 3. The number of halogens is 1. The molecule has 0 aromatic heterocycles. The molecule has 0 saturated carbocycles.